The molecule has 0 spiro atoms. The van der Waals surface area contributed by atoms with Crippen LogP contribution in [0.5, 0.6) is 5.75 Å². The molecule has 2 rings (SSSR count). The highest BCUT2D eigenvalue weighted by molar-refractivity contribution is 5.78. The van der Waals surface area contributed by atoms with Gasteiger partial charge >= 0.3 is 0 Å². The zero-order valence-corrected chi connectivity index (χ0v) is 13.8. The number of para-hydroxylation sites is 1. The van der Waals surface area contributed by atoms with Crippen LogP contribution in [0.3, 0.4) is 0 Å². The van der Waals surface area contributed by atoms with Crippen molar-refractivity contribution in [2.24, 2.45) is 11.7 Å². The molecule has 1 fully saturated rings. The molecule has 0 bridgehead atoms. The van der Waals surface area contributed by atoms with Gasteiger partial charge in [0, 0.05) is 25.1 Å². The Balaban J connectivity index is 1.85. The Morgan fingerprint density at radius 3 is 2.57 bits per heavy atom. The molecule has 0 unspecified atom stereocenters. The highest BCUT2D eigenvalue weighted by Gasteiger charge is 2.25. The van der Waals surface area contributed by atoms with E-state index in [9.17, 15) is 9.59 Å². The van der Waals surface area contributed by atoms with Crippen LogP contribution in [0.4, 0.5) is 0 Å². The number of methoxy groups -OCH3 is 1. The molecule has 1 aliphatic heterocycles. The van der Waals surface area contributed by atoms with Crippen LogP contribution >= 0.6 is 0 Å². The average molecular weight is 319 g/mol. The van der Waals surface area contributed by atoms with Crippen molar-refractivity contribution in [3.63, 3.8) is 0 Å². The predicted octanol–water partition coefficient (Wildman–Crippen LogP) is 0.851. The van der Waals surface area contributed by atoms with Gasteiger partial charge in [0.1, 0.15) is 5.75 Å². The molecule has 1 heterocycles. The molecule has 1 aromatic rings. The molecule has 1 aromatic carbocycles. The summed E-state index contributed by atoms with van der Waals surface area (Å²) in [6, 6.07) is 7.70. The minimum atomic E-state index is -0.232. The van der Waals surface area contributed by atoms with E-state index in [1.807, 2.05) is 24.3 Å². The van der Waals surface area contributed by atoms with E-state index in [1.54, 1.807) is 19.1 Å². The first-order valence-electron chi connectivity index (χ1n) is 7.88. The van der Waals surface area contributed by atoms with Gasteiger partial charge < -0.3 is 15.4 Å². The number of primary amides is 1. The molecule has 1 aliphatic rings. The maximum atomic E-state index is 12.4. The molecule has 126 valence electrons. The van der Waals surface area contributed by atoms with Gasteiger partial charge in [0.05, 0.1) is 13.7 Å². The van der Waals surface area contributed by atoms with Crippen molar-refractivity contribution in [1.29, 1.82) is 0 Å². The third kappa shape index (κ3) is 4.69. The van der Waals surface area contributed by atoms with E-state index in [0.717, 1.165) is 37.2 Å². The molecule has 0 radical (unpaired) electrons. The van der Waals surface area contributed by atoms with E-state index in [2.05, 4.69) is 4.90 Å². The fourth-order valence-electron chi connectivity index (χ4n) is 2.86. The summed E-state index contributed by atoms with van der Waals surface area (Å²) in [5.74, 6) is 0.569. The molecule has 0 aliphatic carbocycles. The van der Waals surface area contributed by atoms with Crippen LogP contribution < -0.4 is 10.5 Å². The summed E-state index contributed by atoms with van der Waals surface area (Å²) in [5.41, 5.74) is 6.32. The SMILES string of the molecule is COc1ccccc1CN(C)C(=O)CN1CCC(C(N)=O)CC1. The number of nitrogens with two attached hydrogens (primary N) is 1. The summed E-state index contributed by atoms with van der Waals surface area (Å²) in [6.07, 6.45) is 1.47. The lowest BCUT2D eigenvalue weighted by Crippen LogP contribution is -2.43. The van der Waals surface area contributed by atoms with E-state index in [1.165, 1.54) is 0 Å². The van der Waals surface area contributed by atoms with Gasteiger partial charge in [-0.25, -0.2) is 0 Å². The summed E-state index contributed by atoms with van der Waals surface area (Å²) < 4.78 is 5.32. The molecule has 2 amide bonds. The van der Waals surface area contributed by atoms with Gasteiger partial charge in [-0.05, 0) is 32.0 Å². The number of carbonyl (C=O) groups excluding carboxylic acids is 2. The summed E-state index contributed by atoms with van der Waals surface area (Å²) in [6.45, 7) is 2.36. The molecular formula is C17H25N3O3. The Labute approximate surface area is 137 Å². The molecule has 0 saturated carbocycles. The predicted molar refractivity (Wildman–Crippen MR) is 87.8 cm³/mol. The number of amides is 2. The molecule has 23 heavy (non-hydrogen) atoms. The van der Waals surface area contributed by atoms with Crippen molar-refractivity contribution in [1.82, 2.24) is 9.80 Å². The Morgan fingerprint density at radius 2 is 1.96 bits per heavy atom. The molecule has 6 heteroatoms. The van der Waals surface area contributed by atoms with Crippen molar-refractivity contribution in [3.05, 3.63) is 29.8 Å². The lowest BCUT2D eigenvalue weighted by atomic mass is 9.96. The normalized spacial score (nSPS) is 16.1. The van der Waals surface area contributed by atoms with Gasteiger partial charge in [0.2, 0.25) is 11.8 Å². The summed E-state index contributed by atoms with van der Waals surface area (Å²) in [5, 5.41) is 0. The second-order valence-corrected chi connectivity index (χ2v) is 6.01. The highest BCUT2D eigenvalue weighted by Crippen LogP contribution is 2.19. The maximum absolute atomic E-state index is 12.4. The van der Waals surface area contributed by atoms with E-state index < -0.39 is 0 Å². The van der Waals surface area contributed by atoms with Crippen molar-refractivity contribution < 1.29 is 14.3 Å². The Hall–Kier alpha value is -2.08. The van der Waals surface area contributed by atoms with E-state index in [-0.39, 0.29) is 17.7 Å². The lowest BCUT2D eigenvalue weighted by molar-refractivity contribution is -0.132. The Bertz CT molecular complexity index is 554. The third-order valence-corrected chi connectivity index (χ3v) is 4.37. The quantitative estimate of drug-likeness (QED) is 0.843. The van der Waals surface area contributed by atoms with Crippen LogP contribution in [-0.4, -0.2) is 55.4 Å². The minimum Gasteiger partial charge on any atom is -0.496 e. The first kappa shape index (κ1) is 17.3. The first-order chi connectivity index (χ1) is 11.0. The third-order valence-electron chi connectivity index (χ3n) is 4.37. The van der Waals surface area contributed by atoms with Crippen molar-refractivity contribution in [2.75, 3.05) is 33.8 Å². The van der Waals surface area contributed by atoms with Crippen LogP contribution in [0.2, 0.25) is 0 Å². The number of likely N-dealkylation sites (tertiary alicyclic amines) is 1. The number of rotatable bonds is 6. The number of ether oxygens (including phenoxy) is 1. The summed E-state index contributed by atoms with van der Waals surface area (Å²) in [4.78, 5) is 27.3. The van der Waals surface area contributed by atoms with Crippen molar-refractivity contribution in [2.45, 2.75) is 19.4 Å². The molecule has 1 saturated heterocycles. The van der Waals surface area contributed by atoms with Crippen LogP contribution in [0, 0.1) is 5.92 Å². The first-order valence-corrected chi connectivity index (χ1v) is 7.88. The van der Waals surface area contributed by atoms with Gasteiger partial charge in [0.15, 0.2) is 0 Å². The molecule has 2 N–H and O–H groups in total. The topological polar surface area (TPSA) is 75.9 Å². The van der Waals surface area contributed by atoms with Gasteiger partial charge in [0.25, 0.3) is 0 Å². The molecular weight excluding hydrogens is 294 g/mol. The van der Waals surface area contributed by atoms with Crippen LogP contribution in [0.15, 0.2) is 24.3 Å². The highest BCUT2D eigenvalue weighted by atomic mass is 16.5. The monoisotopic (exact) mass is 319 g/mol. The number of likely N-dealkylation sites (N-methyl/N-ethyl adjacent to an activating group) is 1. The minimum absolute atomic E-state index is 0.0485. The zero-order chi connectivity index (χ0) is 16.8. The van der Waals surface area contributed by atoms with Gasteiger partial charge in [-0.1, -0.05) is 18.2 Å². The second-order valence-electron chi connectivity index (χ2n) is 6.01. The Morgan fingerprint density at radius 1 is 1.30 bits per heavy atom. The fourth-order valence-corrected chi connectivity index (χ4v) is 2.86. The number of nitrogens with zero attached hydrogens (tertiary/aromatic N) is 2. The van der Waals surface area contributed by atoms with Crippen molar-refractivity contribution in [3.8, 4) is 5.75 Å². The molecule has 0 aromatic heterocycles. The number of hydrogen-bond acceptors (Lipinski definition) is 4. The van der Waals surface area contributed by atoms with Crippen LogP contribution in [0.1, 0.15) is 18.4 Å². The molecule has 0 atom stereocenters. The van der Waals surface area contributed by atoms with E-state index >= 15 is 0 Å². The van der Waals surface area contributed by atoms with Gasteiger partial charge in [-0.15, -0.1) is 0 Å². The fraction of sp³-hybridized carbons (Fsp3) is 0.529. The van der Waals surface area contributed by atoms with Gasteiger partial charge in [-0.2, -0.15) is 0 Å². The standard InChI is InChI=1S/C17H25N3O3/c1-19(11-14-5-3-4-6-15(14)23-2)16(21)12-20-9-7-13(8-10-20)17(18)22/h3-6,13H,7-12H2,1-2H3,(H2,18,22). The number of benzene rings is 1. The lowest BCUT2D eigenvalue weighted by Gasteiger charge is -2.31. The van der Waals surface area contributed by atoms with E-state index in [0.29, 0.717) is 13.1 Å². The van der Waals surface area contributed by atoms with Crippen molar-refractivity contribution >= 4 is 11.8 Å². The number of hydrogen-bond donors (Lipinski definition) is 1. The maximum Gasteiger partial charge on any atom is 0.236 e. The smallest absolute Gasteiger partial charge is 0.236 e. The second kappa shape index (κ2) is 7.97. The van der Waals surface area contributed by atoms with E-state index in [4.69, 9.17) is 10.5 Å². The summed E-state index contributed by atoms with van der Waals surface area (Å²) >= 11 is 0. The average Bonchev–Trinajstić information content (AvgIpc) is 2.55. The molecule has 6 nitrogen and oxygen atoms in total. The summed E-state index contributed by atoms with van der Waals surface area (Å²) in [7, 11) is 3.43. The number of carbonyl (C=O) groups is 2. The largest absolute Gasteiger partial charge is 0.496 e. The van der Waals surface area contributed by atoms with Crippen LogP contribution in [-0.2, 0) is 16.1 Å². The van der Waals surface area contributed by atoms with Crippen LogP contribution in [0.25, 0.3) is 0 Å². The zero-order valence-electron chi connectivity index (χ0n) is 13.8. The number of piperidine rings is 1. The van der Waals surface area contributed by atoms with Gasteiger partial charge in [-0.3, -0.25) is 14.5 Å². The Kier molecular flexibility index (Phi) is 5.98.